The van der Waals surface area contributed by atoms with Crippen LogP contribution in [0.5, 0.6) is 0 Å². The zero-order valence-electron chi connectivity index (χ0n) is 68.1. The van der Waals surface area contributed by atoms with Gasteiger partial charge in [0.05, 0.1) is 0 Å². The molecule has 0 saturated carbocycles. The molecule has 1 nitrogen and oxygen atoms in total. The minimum absolute atomic E-state index is 0.917. The largest absolute Gasteiger partial charge is 0.456 e. The summed E-state index contributed by atoms with van der Waals surface area (Å²) in [7, 11) is 0. The van der Waals surface area contributed by atoms with Crippen LogP contribution in [0.4, 0.5) is 0 Å². The molecule has 26 rings (SSSR count). The Hall–Kier alpha value is -15.6. The molecule has 3 heteroatoms. The molecular formula is C122H76OS2. The van der Waals surface area contributed by atoms with E-state index in [9.17, 15) is 0 Å². The van der Waals surface area contributed by atoms with Gasteiger partial charge in [0, 0.05) is 51.1 Å². The standard InChI is InChI=1S/C42H26O.C42H26S.C38H24S/c1-2-15-31-27(11-1)12-10-21-32(31)28-13-9-14-29(25-28)41-34-17-3-5-19-36(34)42(37-20-6-4-18-35(37)41)30-23-24-40-38(26-30)33-16-7-8-22-39(33)43-40;1-2-14-29-27(12-1)13-11-22-30(29)31-15-3-4-17-33(31)42-36-20-7-5-18-34(36)41(35-19-6-8-21-37(35)42)28-24-25-40-38(26-28)32-16-9-10-23-39(32)43-40;1-2-10-25(11-3-1)26-18-20-27(21-19-26)37-30-13-4-6-15-32(30)38(33-16-7-5-14-31(33)37)28-22-23-36-34(24-28)29-12-8-9-17-35(29)39-36/h2*1-26H;1-24H. The van der Waals surface area contributed by atoms with Crippen LogP contribution in [0.2, 0.25) is 0 Å². The molecule has 0 unspecified atom stereocenters. The van der Waals surface area contributed by atoms with Crippen LogP contribution in [0.25, 0.3) is 249 Å². The van der Waals surface area contributed by atoms with Gasteiger partial charge in [0.1, 0.15) is 11.2 Å². The second kappa shape index (κ2) is 30.8. The van der Waals surface area contributed by atoms with E-state index in [-0.39, 0.29) is 0 Å². The van der Waals surface area contributed by atoms with Crippen molar-refractivity contribution in [1.29, 1.82) is 0 Å². The van der Waals surface area contributed by atoms with E-state index in [1.807, 2.05) is 34.8 Å². The summed E-state index contributed by atoms with van der Waals surface area (Å²) in [5, 5.41) is 28.0. The molecule has 0 saturated heterocycles. The van der Waals surface area contributed by atoms with Gasteiger partial charge in [0.25, 0.3) is 0 Å². The number of para-hydroxylation sites is 1. The molecule has 3 heterocycles. The molecular weight excluding hydrogens is 1550 g/mol. The Balaban J connectivity index is 0.000000105. The average molecular weight is 1620 g/mol. The molecule has 0 aliphatic rings. The lowest BCUT2D eigenvalue weighted by molar-refractivity contribution is 0.669. The Morgan fingerprint density at radius 2 is 0.408 bits per heavy atom. The first kappa shape index (κ1) is 73.3. The monoisotopic (exact) mass is 1620 g/mol. The fourth-order valence-electron chi connectivity index (χ4n) is 20.1. The van der Waals surface area contributed by atoms with Gasteiger partial charge in [-0.15, -0.1) is 22.7 Å². The maximum atomic E-state index is 6.17. The van der Waals surface area contributed by atoms with Crippen LogP contribution in [0.15, 0.2) is 465 Å². The van der Waals surface area contributed by atoms with Crippen LogP contribution in [0.1, 0.15) is 0 Å². The van der Waals surface area contributed by atoms with Crippen molar-refractivity contribution in [2.45, 2.75) is 0 Å². The van der Waals surface area contributed by atoms with Crippen molar-refractivity contribution >= 4 is 171 Å². The van der Waals surface area contributed by atoms with E-state index in [2.05, 4.69) is 449 Å². The molecule has 0 spiro atoms. The summed E-state index contributed by atoms with van der Waals surface area (Å²) in [5.74, 6) is 0. The molecule has 0 fully saturated rings. The number of thiophene rings is 2. The van der Waals surface area contributed by atoms with Crippen molar-refractivity contribution in [3.8, 4) is 100 Å². The molecule has 125 heavy (non-hydrogen) atoms. The van der Waals surface area contributed by atoms with Crippen molar-refractivity contribution in [2.75, 3.05) is 0 Å². The summed E-state index contributed by atoms with van der Waals surface area (Å²) in [6.45, 7) is 0. The summed E-state index contributed by atoms with van der Waals surface area (Å²) in [6.07, 6.45) is 0. The molecule has 0 radical (unpaired) electrons. The van der Waals surface area contributed by atoms with E-state index in [0.29, 0.717) is 0 Å². The third kappa shape index (κ3) is 12.6. The number of benzene rings is 23. The van der Waals surface area contributed by atoms with Crippen molar-refractivity contribution in [1.82, 2.24) is 0 Å². The lowest BCUT2D eigenvalue weighted by atomic mass is 9.83. The van der Waals surface area contributed by atoms with Crippen LogP contribution >= 0.6 is 22.7 Å². The fourth-order valence-corrected chi connectivity index (χ4v) is 22.2. The first-order valence-corrected chi connectivity index (χ1v) is 44.5. The zero-order chi connectivity index (χ0) is 82.4. The number of fused-ring (bicyclic) bond motifs is 17. The summed E-state index contributed by atoms with van der Waals surface area (Å²) in [4.78, 5) is 0. The first-order chi connectivity index (χ1) is 62.0. The molecule has 0 aliphatic carbocycles. The highest BCUT2D eigenvalue weighted by Gasteiger charge is 2.24. The maximum absolute atomic E-state index is 6.17. The third-order valence-corrected chi connectivity index (χ3v) is 27.9. The predicted molar refractivity (Wildman–Crippen MR) is 541 cm³/mol. The second-order valence-electron chi connectivity index (χ2n) is 32.6. The normalized spacial score (nSPS) is 11.7. The highest BCUT2D eigenvalue weighted by Crippen LogP contribution is 2.52. The summed E-state index contributed by atoms with van der Waals surface area (Å²) >= 11 is 3.74. The minimum Gasteiger partial charge on any atom is -0.456 e. The average Bonchev–Trinajstić information content (AvgIpc) is 0.992. The lowest BCUT2D eigenvalue weighted by Gasteiger charge is -2.20. The molecule has 0 aliphatic heterocycles. The molecule has 26 aromatic rings. The topological polar surface area (TPSA) is 13.1 Å². The quantitative estimate of drug-likeness (QED) is 0.131. The second-order valence-corrected chi connectivity index (χ2v) is 34.7. The van der Waals surface area contributed by atoms with E-state index < -0.39 is 0 Å². The van der Waals surface area contributed by atoms with Crippen molar-refractivity contribution < 1.29 is 4.42 Å². The van der Waals surface area contributed by atoms with Gasteiger partial charge in [-0.25, -0.2) is 0 Å². The Kier molecular flexibility index (Phi) is 18.1. The summed E-state index contributed by atoms with van der Waals surface area (Å²) in [6, 6.07) is 168. The van der Waals surface area contributed by atoms with Gasteiger partial charge >= 0.3 is 0 Å². The number of rotatable bonds is 9. The zero-order valence-corrected chi connectivity index (χ0v) is 69.7. The van der Waals surface area contributed by atoms with Gasteiger partial charge in [-0.2, -0.15) is 0 Å². The van der Waals surface area contributed by atoms with E-state index >= 15 is 0 Å². The Morgan fingerprint density at radius 1 is 0.128 bits per heavy atom. The molecule has 0 atom stereocenters. The maximum Gasteiger partial charge on any atom is 0.135 e. The summed E-state index contributed by atoms with van der Waals surface area (Å²) in [5.41, 5.74) is 24.5. The van der Waals surface area contributed by atoms with Crippen LogP contribution < -0.4 is 0 Å². The molecule has 0 bridgehead atoms. The van der Waals surface area contributed by atoms with Crippen LogP contribution in [-0.2, 0) is 0 Å². The molecule has 0 N–H and O–H groups in total. The Bertz CT molecular complexity index is 8620. The van der Waals surface area contributed by atoms with Crippen molar-refractivity contribution in [3.05, 3.63) is 461 Å². The molecule has 23 aromatic carbocycles. The van der Waals surface area contributed by atoms with Crippen LogP contribution in [-0.4, -0.2) is 0 Å². The lowest BCUT2D eigenvalue weighted by Crippen LogP contribution is -1.93. The molecule has 3 aromatic heterocycles. The van der Waals surface area contributed by atoms with Gasteiger partial charge in [0.2, 0.25) is 0 Å². The van der Waals surface area contributed by atoms with Gasteiger partial charge in [0.15, 0.2) is 0 Å². The van der Waals surface area contributed by atoms with Crippen LogP contribution in [0, 0.1) is 0 Å². The molecule has 0 amide bonds. The third-order valence-electron chi connectivity index (χ3n) is 25.6. The summed E-state index contributed by atoms with van der Waals surface area (Å²) < 4.78 is 11.5. The smallest absolute Gasteiger partial charge is 0.135 e. The Labute approximate surface area is 731 Å². The van der Waals surface area contributed by atoms with E-state index in [4.69, 9.17) is 4.42 Å². The van der Waals surface area contributed by atoms with Gasteiger partial charge in [-0.05, 0) is 247 Å². The number of hydrogen-bond acceptors (Lipinski definition) is 3. The highest BCUT2D eigenvalue weighted by molar-refractivity contribution is 7.26. The SMILES string of the molecule is c1cc(-c2cccc3ccccc23)cc(-c2c3ccccc3c(-c3ccc4oc5ccccc5c4c3)c3ccccc23)c1.c1ccc(-c2c3ccccc3c(-c3ccc4sc5ccccc5c4c3)c3ccccc23)c(-c2cccc3ccccc23)c1.c1ccc(-c2ccc(-c3c4ccccc4c(-c4ccc5sc6ccccc6c5c4)c4ccccc34)cc2)cc1. The van der Waals surface area contributed by atoms with Gasteiger partial charge < -0.3 is 4.42 Å². The van der Waals surface area contributed by atoms with Gasteiger partial charge in [-0.3, -0.25) is 0 Å². The van der Waals surface area contributed by atoms with Crippen molar-refractivity contribution in [3.63, 3.8) is 0 Å². The number of hydrogen-bond donors (Lipinski definition) is 0. The van der Waals surface area contributed by atoms with Gasteiger partial charge in [-0.1, -0.05) is 400 Å². The van der Waals surface area contributed by atoms with E-state index in [1.54, 1.807) is 0 Å². The highest BCUT2D eigenvalue weighted by atomic mass is 32.1. The predicted octanol–water partition coefficient (Wildman–Crippen LogP) is 35.9. The first-order valence-electron chi connectivity index (χ1n) is 42.9. The van der Waals surface area contributed by atoms with Crippen LogP contribution in [0.3, 0.4) is 0 Å². The number of furan rings is 1. The fraction of sp³-hybridized carbons (Fsp3) is 0. The minimum atomic E-state index is 0.917. The van der Waals surface area contributed by atoms with E-state index in [1.165, 1.54) is 227 Å². The Morgan fingerprint density at radius 3 is 0.896 bits per heavy atom. The van der Waals surface area contributed by atoms with E-state index in [0.717, 1.165) is 21.9 Å². The molecule has 582 valence electrons. The van der Waals surface area contributed by atoms with Crippen molar-refractivity contribution in [2.24, 2.45) is 0 Å².